The van der Waals surface area contributed by atoms with Crippen LogP contribution in [0.1, 0.15) is 39.2 Å². The van der Waals surface area contributed by atoms with Crippen LogP contribution in [0.3, 0.4) is 0 Å². The highest BCUT2D eigenvalue weighted by molar-refractivity contribution is 5.56. The minimum Gasteiger partial charge on any atom is -0.491 e. The molecule has 2 aromatic rings. The Morgan fingerprint density at radius 3 is 2.21 bits per heavy atom. The van der Waals surface area contributed by atoms with E-state index in [0.717, 1.165) is 30.3 Å². The lowest BCUT2D eigenvalue weighted by atomic mass is 10.0. The van der Waals surface area contributed by atoms with Crippen LogP contribution in [0, 0.1) is 5.92 Å². The largest absolute Gasteiger partial charge is 0.491 e. The fraction of sp³-hybridized carbons (Fsp3) is 0.429. The minimum atomic E-state index is 0.458. The second-order valence-corrected chi connectivity index (χ2v) is 6.67. The van der Waals surface area contributed by atoms with E-state index >= 15 is 0 Å². The molecule has 0 radical (unpaired) electrons. The summed E-state index contributed by atoms with van der Waals surface area (Å²) in [5.74, 6) is 2.83. The normalized spacial score (nSPS) is 10.9. The summed E-state index contributed by atoms with van der Waals surface area (Å²) in [5, 5.41) is 3.41. The first-order valence-electron chi connectivity index (χ1n) is 8.75. The van der Waals surface area contributed by atoms with Gasteiger partial charge in [0, 0.05) is 6.54 Å². The summed E-state index contributed by atoms with van der Waals surface area (Å²) >= 11 is 0. The Morgan fingerprint density at radius 1 is 0.833 bits per heavy atom. The highest BCUT2D eigenvalue weighted by Crippen LogP contribution is 2.26. The van der Waals surface area contributed by atoms with Gasteiger partial charge in [0.1, 0.15) is 18.1 Å². The van der Waals surface area contributed by atoms with Crippen LogP contribution >= 0.6 is 0 Å². The maximum Gasteiger partial charge on any atom is 0.142 e. The SMILES string of the molecule is CC(C)COc1ccccc1NCCOc1ccccc1C(C)C. The Labute approximate surface area is 146 Å². The number of anilines is 1. The number of hydrogen-bond donors (Lipinski definition) is 1. The molecule has 0 atom stereocenters. The van der Waals surface area contributed by atoms with Gasteiger partial charge < -0.3 is 14.8 Å². The van der Waals surface area contributed by atoms with Gasteiger partial charge >= 0.3 is 0 Å². The van der Waals surface area contributed by atoms with Crippen LogP contribution in [0.15, 0.2) is 48.5 Å². The number of hydrogen-bond acceptors (Lipinski definition) is 3. The summed E-state index contributed by atoms with van der Waals surface area (Å²) in [6.45, 7) is 10.7. The van der Waals surface area contributed by atoms with Gasteiger partial charge in [0.2, 0.25) is 0 Å². The van der Waals surface area contributed by atoms with E-state index in [9.17, 15) is 0 Å². The van der Waals surface area contributed by atoms with Crippen molar-refractivity contribution in [3.05, 3.63) is 54.1 Å². The Kier molecular flexibility index (Phi) is 6.98. The number of nitrogens with one attached hydrogen (secondary N) is 1. The van der Waals surface area contributed by atoms with Crippen LogP contribution in [-0.4, -0.2) is 19.8 Å². The molecule has 2 aromatic carbocycles. The van der Waals surface area contributed by atoms with Gasteiger partial charge in [-0.2, -0.15) is 0 Å². The smallest absolute Gasteiger partial charge is 0.142 e. The Hall–Kier alpha value is -2.16. The standard InChI is InChI=1S/C21H29NO2/c1-16(2)15-24-21-12-8-6-10-19(21)22-13-14-23-20-11-7-5-9-18(20)17(3)4/h5-12,16-17,22H,13-15H2,1-4H3. The zero-order valence-electron chi connectivity index (χ0n) is 15.2. The fourth-order valence-electron chi connectivity index (χ4n) is 2.43. The molecule has 0 heterocycles. The lowest BCUT2D eigenvalue weighted by Crippen LogP contribution is -2.14. The van der Waals surface area contributed by atoms with Gasteiger partial charge in [-0.25, -0.2) is 0 Å². The number of benzene rings is 2. The molecule has 0 aliphatic heterocycles. The molecule has 0 amide bonds. The Bertz CT molecular complexity index is 623. The molecule has 0 saturated heterocycles. The topological polar surface area (TPSA) is 30.5 Å². The molecule has 2 rings (SSSR count). The van der Waals surface area contributed by atoms with E-state index in [1.807, 2.05) is 36.4 Å². The first-order valence-corrected chi connectivity index (χ1v) is 8.75. The van der Waals surface area contributed by atoms with Crippen molar-refractivity contribution in [2.24, 2.45) is 5.92 Å². The Morgan fingerprint density at radius 2 is 1.50 bits per heavy atom. The van der Waals surface area contributed by atoms with Crippen molar-refractivity contribution in [1.29, 1.82) is 0 Å². The van der Waals surface area contributed by atoms with Gasteiger partial charge in [0.05, 0.1) is 12.3 Å². The molecule has 0 aliphatic rings. The van der Waals surface area contributed by atoms with E-state index in [-0.39, 0.29) is 0 Å². The molecule has 0 spiro atoms. The third kappa shape index (κ3) is 5.48. The quantitative estimate of drug-likeness (QED) is 0.631. The highest BCUT2D eigenvalue weighted by Gasteiger charge is 2.07. The predicted octanol–water partition coefficient (Wildman–Crippen LogP) is 5.34. The number of rotatable bonds is 9. The molecular formula is C21H29NO2. The highest BCUT2D eigenvalue weighted by atomic mass is 16.5. The number of para-hydroxylation sites is 3. The van der Waals surface area contributed by atoms with E-state index < -0.39 is 0 Å². The fourth-order valence-corrected chi connectivity index (χ4v) is 2.43. The van der Waals surface area contributed by atoms with Crippen molar-refractivity contribution in [3.63, 3.8) is 0 Å². The Balaban J connectivity index is 1.87. The molecule has 0 aliphatic carbocycles. The molecular weight excluding hydrogens is 298 g/mol. The monoisotopic (exact) mass is 327 g/mol. The average molecular weight is 327 g/mol. The van der Waals surface area contributed by atoms with Gasteiger partial charge in [-0.1, -0.05) is 58.0 Å². The molecule has 1 N–H and O–H groups in total. The van der Waals surface area contributed by atoms with Crippen LogP contribution in [0.5, 0.6) is 11.5 Å². The van der Waals surface area contributed by atoms with Crippen LogP contribution in [0.25, 0.3) is 0 Å². The van der Waals surface area contributed by atoms with E-state index in [1.165, 1.54) is 5.56 Å². The van der Waals surface area contributed by atoms with Gasteiger partial charge in [0.15, 0.2) is 0 Å². The van der Waals surface area contributed by atoms with E-state index in [2.05, 4.69) is 45.1 Å². The summed E-state index contributed by atoms with van der Waals surface area (Å²) < 4.78 is 11.8. The van der Waals surface area contributed by atoms with Crippen molar-refractivity contribution in [2.45, 2.75) is 33.6 Å². The molecule has 3 nitrogen and oxygen atoms in total. The molecule has 130 valence electrons. The average Bonchev–Trinajstić information content (AvgIpc) is 2.58. The summed E-state index contributed by atoms with van der Waals surface area (Å²) in [7, 11) is 0. The minimum absolute atomic E-state index is 0.458. The summed E-state index contributed by atoms with van der Waals surface area (Å²) in [4.78, 5) is 0. The van der Waals surface area contributed by atoms with Crippen LogP contribution in [0.4, 0.5) is 5.69 Å². The summed E-state index contributed by atoms with van der Waals surface area (Å²) in [5.41, 5.74) is 2.26. The van der Waals surface area contributed by atoms with Crippen LogP contribution < -0.4 is 14.8 Å². The first kappa shape index (κ1) is 18.2. The third-order valence-electron chi connectivity index (χ3n) is 3.68. The van der Waals surface area contributed by atoms with Gasteiger partial charge in [0.25, 0.3) is 0 Å². The van der Waals surface area contributed by atoms with Crippen molar-refractivity contribution in [3.8, 4) is 11.5 Å². The van der Waals surface area contributed by atoms with Crippen molar-refractivity contribution < 1.29 is 9.47 Å². The molecule has 0 unspecified atom stereocenters. The molecule has 24 heavy (non-hydrogen) atoms. The zero-order valence-corrected chi connectivity index (χ0v) is 15.2. The van der Waals surface area contributed by atoms with E-state index in [0.29, 0.717) is 18.4 Å². The number of ether oxygens (including phenoxy) is 2. The van der Waals surface area contributed by atoms with Gasteiger partial charge in [-0.15, -0.1) is 0 Å². The summed E-state index contributed by atoms with van der Waals surface area (Å²) in [6.07, 6.45) is 0. The molecule has 0 saturated carbocycles. The lowest BCUT2D eigenvalue weighted by Gasteiger charge is -2.16. The van der Waals surface area contributed by atoms with Gasteiger partial charge in [-0.05, 0) is 35.6 Å². The predicted molar refractivity (Wildman–Crippen MR) is 101 cm³/mol. The molecule has 3 heteroatoms. The first-order chi connectivity index (χ1) is 11.6. The van der Waals surface area contributed by atoms with Crippen LogP contribution in [-0.2, 0) is 0 Å². The second-order valence-electron chi connectivity index (χ2n) is 6.67. The second kappa shape index (κ2) is 9.21. The van der Waals surface area contributed by atoms with Crippen molar-refractivity contribution in [2.75, 3.05) is 25.1 Å². The molecule has 0 fully saturated rings. The maximum absolute atomic E-state index is 5.95. The van der Waals surface area contributed by atoms with E-state index in [1.54, 1.807) is 0 Å². The summed E-state index contributed by atoms with van der Waals surface area (Å²) in [6, 6.07) is 16.3. The van der Waals surface area contributed by atoms with Gasteiger partial charge in [-0.3, -0.25) is 0 Å². The molecule has 0 bridgehead atoms. The van der Waals surface area contributed by atoms with Crippen molar-refractivity contribution in [1.82, 2.24) is 0 Å². The van der Waals surface area contributed by atoms with Crippen LogP contribution in [0.2, 0.25) is 0 Å². The van der Waals surface area contributed by atoms with E-state index in [4.69, 9.17) is 9.47 Å². The maximum atomic E-state index is 5.95. The molecule has 0 aromatic heterocycles. The zero-order chi connectivity index (χ0) is 17.4. The lowest BCUT2D eigenvalue weighted by molar-refractivity contribution is 0.272. The van der Waals surface area contributed by atoms with Crippen molar-refractivity contribution >= 4 is 5.69 Å². The third-order valence-corrected chi connectivity index (χ3v) is 3.68.